The third-order valence-corrected chi connectivity index (χ3v) is 12.0. The fourth-order valence-electron chi connectivity index (χ4n) is 8.04. The molecule has 0 aromatic rings. The van der Waals surface area contributed by atoms with Crippen molar-refractivity contribution in [1.29, 1.82) is 0 Å². The van der Waals surface area contributed by atoms with Crippen LogP contribution in [0.4, 0.5) is 0 Å². The standard InChI is InChI=1S/C53H102O6/c1-5-7-9-11-12-13-14-15-16-17-18-21-24-27-30-33-37-41-45-52(55)58-48-50(47-57-51(54)44-40-35-10-8-6-2)59-53(56)46-42-38-34-31-28-25-22-19-20-23-26-29-32-36-39-43-49(3)4/h49-50H,5-48H2,1-4H3/t50-/m0/s1. The maximum absolute atomic E-state index is 12.7. The van der Waals surface area contributed by atoms with E-state index in [4.69, 9.17) is 14.2 Å². The number of rotatable bonds is 48. The van der Waals surface area contributed by atoms with E-state index in [-0.39, 0.29) is 31.1 Å². The minimum absolute atomic E-state index is 0.0636. The Labute approximate surface area is 368 Å². The van der Waals surface area contributed by atoms with Gasteiger partial charge >= 0.3 is 17.9 Å². The van der Waals surface area contributed by atoms with Gasteiger partial charge in [-0.15, -0.1) is 0 Å². The first-order valence-corrected chi connectivity index (χ1v) is 26.4. The lowest BCUT2D eigenvalue weighted by Gasteiger charge is -2.18. The van der Waals surface area contributed by atoms with Crippen molar-refractivity contribution in [2.75, 3.05) is 13.2 Å². The second-order valence-electron chi connectivity index (χ2n) is 18.6. The minimum atomic E-state index is -0.759. The van der Waals surface area contributed by atoms with E-state index in [1.165, 1.54) is 186 Å². The molecule has 1 atom stereocenters. The summed E-state index contributed by atoms with van der Waals surface area (Å²) in [7, 11) is 0. The molecule has 0 saturated carbocycles. The summed E-state index contributed by atoms with van der Waals surface area (Å²) in [5, 5.41) is 0. The number of hydrogen-bond acceptors (Lipinski definition) is 6. The van der Waals surface area contributed by atoms with Crippen LogP contribution in [0.2, 0.25) is 0 Å². The first-order valence-electron chi connectivity index (χ1n) is 26.4. The highest BCUT2D eigenvalue weighted by Gasteiger charge is 2.19. The Morgan fingerprint density at radius 1 is 0.322 bits per heavy atom. The molecule has 6 heteroatoms. The number of esters is 3. The van der Waals surface area contributed by atoms with Crippen molar-refractivity contribution in [3.05, 3.63) is 0 Å². The Morgan fingerprint density at radius 2 is 0.559 bits per heavy atom. The van der Waals surface area contributed by atoms with E-state index >= 15 is 0 Å². The molecule has 0 saturated heterocycles. The minimum Gasteiger partial charge on any atom is -0.462 e. The van der Waals surface area contributed by atoms with E-state index in [1.54, 1.807) is 0 Å². The molecule has 0 bridgehead atoms. The van der Waals surface area contributed by atoms with Crippen LogP contribution in [0.1, 0.15) is 297 Å². The van der Waals surface area contributed by atoms with E-state index in [9.17, 15) is 14.4 Å². The zero-order valence-corrected chi connectivity index (χ0v) is 40.2. The van der Waals surface area contributed by atoms with Crippen molar-refractivity contribution >= 4 is 17.9 Å². The van der Waals surface area contributed by atoms with E-state index in [2.05, 4.69) is 27.7 Å². The predicted octanol–water partition coefficient (Wildman–Crippen LogP) is 17.1. The molecular weight excluding hydrogens is 733 g/mol. The maximum atomic E-state index is 12.7. The summed E-state index contributed by atoms with van der Waals surface area (Å²) < 4.78 is 16.7. The van der Waals surface area contributed by atoms with Gasteiger partial charge in [-0.1, -0.05) is 259 Å². The first kappa shape index (κ1) is 57.4. The summed E-state index contributed by atoms with van der Waals surface area (Å²) in [6, 6.07) is 0. The lowest BCUT2D eigenvalue weighted by Crippen LogP contribution is -2.30. The van der Waals surface area contributed by atoms with Crippen LogP contribution in [-0.4, -0.2) is 37.2 Å². The molecule has 0 aromatic carbocycles. The summed E-state index contributed by atoms with van der Waals surface area (Å²) in [6.07, 6.45) is 49.8. The van der Waals surface area contributed by atoms with Crippen LogP contribution in [0, 0.1) is 5.92 Å². The van der Waals surface area contributed by atoms with Gasteiger partial charge in [-0.25, -0.2) is 0 Å². The van der Waals surface area contributed by atoms with Gasteiger partial charge in [-0.05, 0) is 25.2 Å². The monoisotopic (exact) mass is 835 g/mol. The normalized spacial score (nSPS) is 11.9. The highest BCUT2D eigenvalue weighted by Crippen LogP contribution is 2.17. The highest BCUT2D eigenvalue weighted by molar-refractivity contribution is 5.71. The predicted molar refractivity (Wildman–Crippen MR) is 252 cm³/mol. The van der Waals surface area contributed by atoms with Gasteiger partial charge in [0.05, 0.1) is 0 Å². The Morgan fingerprint density at radius 3 is 0.831 bits per heavy atom. The summed E-state index contributed by atoms with van der Waals surface area (Å²) >= 11 is 0. The van der Waals surface area contributed by atoms with Crippen LogP contribution < -0.4 is 0 Å². The fraction of sp³-hybridized carbons (Fsp3) is 0.943. The van der Waals surface area contributed by atoms with Gasteiger partial charge in [0.2, 0.25) is 0 Å². The van der Waals surface area contributed by atoms with Gasteiger partial charge in [-0.3, -0.25) is 14.4 Å². The lowest BCUT2D eigenvalue weighted by atomic mass is 10.0. The van der Waals surface area contributed by atoms with Crippen LogP contribution in [0.15, 0.2) is 0 Å². The third-order valence-electron chi connectivity index (χ3n) is 12.0. The Balaban J connectivity index is 4.08. The molecule has 0 aliphatic carbocycles. The van der Waals surface area contributed by atoms with Crippen molar-refractivity contribution in [3.8, 4) is 0 Å². The topological polar surface area (TPSA) is 78.9 Å². The molecule has 0 amide bonds. The molecule has 0 radical (unpaired) electrons. The highest BCUT2D eigenvalue weighted by atomic mass is 16.6. The Kier molecular flexibility index (Phi) is 46.2. The van der Waals surface area contributed by atoms with Gasteiger partial charge in [0.15, 0.2) is 6.10 Å². The number of ether oxygens (including phenoxy) is 3. The summed E-state index contributed by atoms with van der Waals surface area (Å²) in [6.45, 7) is 8.97. The zero-order valence-electron chi connectivity index (χ0n) is 40.2. The molecule has 350 valence electrons. The van der Waals surface area contributed by atoms with Crippen LogP contribution in [0.3, 0.4) is 0 Å². The largest absolute Gasteiger partial charge is 0.462 e. The van der Waals surface area contributed by atoms with Crippen LogP contribution in [0.25, 0.3) is 0 Å². The molecular formula is C53H102O6. The molecule has 0 spiro atoms. The number of carbonyl (C=O) groups excluding carboxylic acids is 3. The zero-order chi connectivity index (χ0) is 43.1. The molecule has 0 heterocycles. The molecule has 0 fully saturated rings. The number of hydrogen-bond donors (Lipinski definition) is 0. The molecule has 0 aromatic heterocycles. The number of unbranched alkanes of at least 4 members (excludes halogenated alkanes) is 35. The molecule has 0 N–H and O–H groups in total. The third kappa shape index (κ3) is 47.3. The van der Waals surface area contributed by atoms with E-state index in [1.807, 2.05) is 0 Å². The molecule has 0 aliphatic heterocycles. The van der Waals surface area contributed by atoms with Gasteiger partial charge in [-0.2, -0.15) is 0 Å². The molecule has 0 aliphatic rings. The van der Waals surface area contributed by atoms with Crippen molar-refractivity contribution in [3.63, 3.8) is 0 Å². The van der Waals surface area contributed by atoms with Gasteiger partial charge < -0.3 is 14.2 Å². The number of carbonyl (C=O) groups is 3. The fourth-order valence-corrected chi connectivity index (χ4v) is 8.04. The van der Waals surface area contributed by atoms with Crippen LogP contribution in [-0.2, 0) is 28.6 Å². The van der Waals surface area contributed by atoms with E-state index in [0.717, 1.165) is 70.1 Å². The lowest BCUT2D eigenvalue weighted by molar-refractivity contribution is -0.167. The van der Waals surface area contributed by atoms with Gasteiger partial charge in [0, 0.05) is 19.3 Å². The van der Waals surface area contributed by atoms with Crippen molar-refractivity contribution < 1.29 is 28.6 Å². The molecule has 59 heavy (non-hydrogen) atoms. The summed E-state index contributed by atoms with van der Waals surface area (Å²) in [5.41, 5.74) is 0. The Bertz CT molecular complexity index is 887. The summed E-state index contributed by atoms with van der Waals surface area (Å²) in [5.74, 6) is -0.00992. The van der Waals surface area contributed by atoms with Gasteiger partial charge in [0.1, 0.15) is 13.2 Å². The summed E-state index contributed by atoms with van der Waals surface area (Å²) in [4.78, 5) is 37.7. The average Bonchev–Trinajstić information content (AvgIpc) is 3.22. The molecule has 0 unspecified atom stereocenters. The van der Waals surface area contributed by atoms with Crippen molar-refractivity contribution in [2.45, 2.75) is 303 Å². The van der Waals surface area contributed by atoms with Crippen LogP contribution >= 0.6 is 0 Å². The quantitative estimate of drug-likeness (QED) is 0.0345. The van der Waals surface area contributed by atoms with E-state index < -0.39 is 6.10 Å². The first-order chi connectivity index (χ1) is 28.9. The van der Waals surface area contributed by atoms with Crippen LogP contribution in [0.5, 0.6) is 0 Å². The maximum Gasteiger partial charge on any atom is 0.306 e. The molecule has 6 nitrogen and oxygen atoms in total. The van der Waals surface area contributed by atoms with Gasteiger partial charge in [0.25, 0.3) is 0 Å². The van der Waals surface area contributed by atoms with E-state index in [0.29, 0.717) is 19.3 Å². The SMILES string of the molecule is CCCCCCCCCCCCCCCCCCCCC(=O)OC[C@H](COC(=O)CCCCCCC)OC(=O)CCCCCCCCCCCCCCCCCC(C)C. The second-order valence-corrected chi connectivity index (χ2v) is 18.6. The van der Waals surface area contributed by atoms with Crippen molar-refractivity contribution in [1.82, 2.24) is 0 Å². The average molecular weight is 835 g/mol. The Hall–Kier alpha value is -1.59. The molecule has 0 rings (SSSR count). The smallest absolute Gasteiger partial charge is 0.306 e. The second kappa shape index (κ2) is 47.5. The van der Waals surface area contributed by atoms with Crippen molar-refractivity contribution in [2.24, 2.45) is 5.92 Å².